The van der Waals surface area contributed by atoms with Crippen LogP contribution in [0.5, 0.6) is 0 Å². The third-order valence-electron chi connectivity index (χ3n) is 2.79. The summed E-state index contributed by atoms with van der Waals surface area (Å²) in [5.41, 5.74) is 6.75. The number of ketones is 1. The summed E-state index contributed by atoms with van der Waals surface area (Å²) in [6, 6.07) is 5.22. The number of halogens is 1. The van der Waals surface area contributed by atoms with Crippen molar-refractivity contribution in [3.8, 4) is 0 Å². The summed E-state index contributed by atoms with van der Waals surface area (Å²) in [6.45, 7) is 0. The Kier molecular flexibility index (Phi) is 2.46. The highest BCUT2D eigenvalue weighted by molar-refractivity contribution is 6.34. The number of nitrogen functional groups attached to an aromatic ring is 1. The smallest absolute Gasteiger partial charge is 0.168 e. The monoisotopic (exact) mass is 209 g/mol. The number of hydrogen-bond acceptors (Lipinski definition) is 2. The molecular formula is C11H12ClNO. The van der Waals surface area contributed by atoms with E-state index < -0.39 is 0 Å². The van der Waals surface area contributed by atoms with E-state index in [-0.39, 0.29) is 11.7 Å². The largest absolute Gasteiger partial charge is 0.397 e. The first-order valence-electron chi connectivity index (χ1n) is 4.78. The van der Waals surface area contributed by atoms with Crippen molar-refractivity contribution in [2.45, 2.75) is 19.3 Å². The molecule has 0 aliphatic heterocycles. The van der Waals surface area contributed by atoms with Gasteiger partial charge in [-0.3, -0.25) is 4.79 Å². The number of carbonyl (C=O) groups excluding carboxylic acids is 1. The van der Waals surface area contributed by atoms with Crippen molar-refractivity contribution in [2.75, 3.05) is 5.73 Å². The van der Waals surface area contributed by atoms with Crippen molar-refractivity contribution >= 4 is 23.1 Å². The van der Waals surface area contributed by atoms with Crippen LogP contribution >= 0.6 is 11.6 Å². The van der Waals surface area contributed by atoms with Crippen LogP contribution in [0.4, 0.5) is 5.69 Å². The fourth-order valence-electron chi connectivity index (χ4n) is 1.64. The molecule has 0 saturated heterocycles. The number of anilines is 1. The highest BCUT2D eigenvalue weighted by atomic mass is 35.5. The first-order chi connectivity index (χ1) is 6.70. The standard InChI is InChI=1S/C11H12ClNO/c12-9-6-2-5-8(10(9)13)11(14)7-3-1-4-7/h2,5-7H,1,3-4,13H2. The Hall–Kier alpha value is -1.02. The van der Waals surface area contributed by atoms with Gasteiger partial charge in [0.05, 0.1) is 10.7 Å². The van der Waals surface area contributed by atoms with Gasteiger partial charge in [0, 0.05) is 11.5 Å². The second kappa shape index (κ2) is 3.62. The van der Waals surface area contributed by atoms with Gasteiger partial charge in [0.1, 0.15) is 0 Å². The number of rotatable bonds is 2. The van der Waals surface area contributed by atoms with E-state index in [0.717, 1.165) is 19.3 Å². The molecular weight excluding hydrogens is 198 g/mol. The molecule has 1 aromatic rings. The van der Waals surface area contributed by atoms with E-state index >= 15 is 0 Å². The number of para-hydroxylation sites is 1. The summed E-state index contributed by atoms with van der Waals surface area (Å²) in [6.07, 6.45) is 3.13. The van der Waals surface area contributed by atoms with Gasteiger partial charge in [-0.25, -0.2) is 0 Å². The van der Waals surface area contributed by atoms with Crippen LogP contribution in [-0.4, -0.2) is 5.78 Å². The van der Waals surface area contributed by atoms with Gasteiger partial charge in [-0.15, -0.1) is 0 Å². The Morgan fingerprint density at radius 2 is 2.14 bits per heavy atom. The first kappa shape index (κ1) is 9.53. The lowest BCUT2D eigenvalue weighted by Crippen LogP contribution is -2.22. The lowest BCUT2D eigenvalue weighted by Gasteiger charge is -2.24. The van der Waals surface area contributed by atoms with Gasteiger partial charge in [-0.1, -0.05) is 24.1 Å². The van der Waals surface area contributed by atoms with Gasteiger partial charge in [0.2, 0.25) is 0 Å². The van der Waals surface area contributed by atoms with Crippen LogP contribution in [0.3, 0.4) is 0 Å². The van der Waals surface area contributed by atoms with Crippen molar-refractivity contribution in [1.82, 2.24) is 0 Å². The SMILES string of the molecule is Nc1c(Cl)cccc1C(=O)C1CCC1. The van der Waals surface area contributed by atoms with Crippen LogP contribution < -0.4 is 5.73 Å². The molecule has 1 fully saturated rings. The molecule has 1 aromatic carbocycles. The highest BCUT2D eigenvalue weighted by Crippen LogP contribution is 2.33. The van der Waals surface area contributed by atoms with E-state index in [4.69, 9.17) is 17.3 Å². The predicted octanol–water partition coefficient (Wildman–Crippen LogP) is 2.91. The fourth-order valence-corrected chi connectivity index (χ4v) is 1.82. The lowest BCUT2D eigenvalue weighted by atomic mass is 9.79. The summed E-state index contributed by atoms with van der Waals surface area (Å²) in [4.78, 5) is 11.9. The summed E-state index contributed by atoms with van der Waals surface area (Å²) in [5, 5.41) is 0.468. The second-order valence-corrected chi connectivity index (χ2v) is 4.10. The van der Waals surface area contributed by atoms with Crippen LogP contribution in [0.25, 0.3) is 0 Å². The number of hydrogen-bond donors (Lipinski definition) is 1. The molecule has 0 heterocycles. The molecule has 0 spiro atoms. The normalized spacial score (nSPS) is 16.4. The molecule has 0 atom stereocenters. The molecule has 0 radical (unpaired) electrons. The van der Waals surface area contributed by atoms with E-state index in [1.54, 1.807) is 18.2 Å². The van der Waals surface area contributed by atoms with E-state index in [1.807, 2.05) is 0 Å². The number of carbonyl (C=O) groups is 1. The average Bonchev–Trinajstić information content (AvgIpc) is 2.06. The second-order valence-electron chi connectivity index (χ2n) is 3.69. The number of nitrogens with two attached hydrogens (primary N) is 1. The van der Waals surface area contributed by atoms with E-state index in [9.17, 15) is 4.79 Å². The van der Waals surface area contributed by atoms with Crippen LogP contribution in [0, 0.1) is 5.92 Å². The summed E-state index contributed by atoms with van der Waals surface area (Å²) in [7, 11) is 0. The van der Waals surface area contributed by atoms with Crippen LogP contribution in [0.15, 0.2) is 18.2 Å². The van der Waals surface area contributed by atoms with E-state index in [1.165, 1.54) is 0 Å². The van der Waals surface area contributed by atoms with Crippen LogP contribution in [-0.2, 0) is 0 Å². The molecule has 14 heavy (non-hydrogen) atoms. The lowest BCUT2D eigenvalue weighted by molar-refractivity contribution is 0.0856. The minimum absolute atomic E-state index is 0.149. The van der Waals surface area contributed by atoms with Gasteiger partial charge in [0.25, 0.3) is 0 Å². The Balaban J connectivity index is 2.31. The molecule has 2 rings (SSSR count). The summed E-state index contributed by atoms with van der Waals surface area (Å²) in [5.74, 6) is 0.326. The minimum Gasteiger partial charge on any atom is -0.397 e. The molecule has 74 valence electrons. The molecule has 1 aliphatic carbocycles. The zero-order valence-electron chi connectivity index (χ0n) is 7.79. The zero-order valence-corrected chi connectivity index (χ0v) is 8.55. The van der Waals surface area contributed by atoms with Gasteiger partial charge >= 0.3 is 0 Å². The first-order valence-corrected chi connectivity index (χ1v) is 5.16. The Labute approximate surface area is 88.1 Å². The summed E-state index contributed by atoms with van der Waals surface area (Å²) < 4.78 is 0. The Bertz CT molecular complexity index is 372. The maximum Gasteiger partial charge on any atom is 0.168 e. The molecule has 2 N–H and O–H groups in total. The van der Waals surface area contributed by atoms with Gasteiger partial charge in [0.15, 0.2) is 5.78 Å². The molecule has 1 saturated carbocycles. The van der Waals surface area contributed by atoms with Crippen molar-refractivity contribution in [3.05, 3.63) is 28.8 Å². The van der Waals surface area contributed by atoms with Gasteiger partial charge in [-0.2, -0.15) is 0 Å². The Morgan fingerprint density at radius 3 is 2.71 bits per heavy atom. The maximum atomic E-state index is 11.9. The molecule has 3 heteroatoms. The van der Waals surface area contributed by atoms with Crippen LogP contribution in [0.1, 0.15) is 29.6 Å². The third kappa shape index (κ3) is 1.50. The van der Waals surface area contributed by atoms with Crippen molar-refractivity contribution in [2.24, 2.45) is 5.92 Å². The fraction of sp³-hybridized carbons (Fsp3) is 0.364. The Morgan fingerprint density at radius 1 is 1.43 bits per heavy atom. The molecule has 2 nitrogen and oxygen atoms in total. The van der Waals surface area contributed by atoms with Gasteiger partial charge < -0.3 is 5.73 Å². The summed E-state index contributed by atoms with van der Waals surface area (Å²) >= 11 is 5.85. The molecule has 0 amide bonds. The minimum atomic E-state index is 0.149. The molecule has 0 unspecified atom stereocenters. The molecule has 1 aliphatic rings. The van der Waals surface area contributed by atoms with Crippen LogP contribution in [0.2, 0.25) is 5.02 Å². The van der Waals surface area contributed by atoms with Crippen molar-refractivity contribution in [1.29, 1.82) is 0 Å². The van der Waals surface area contributed by atoms with Crippen molar-refractivity contribution in [3.63, 3.8) is 0 Å². The maximum absolute atomic E-state index is 11.9. The number of Topliss-reactive ketones (excluding diaryl/α,β-unsaturated/α-hetero) is 1. The zero-order chi connectivity index (χ0) is 10.1. The number of benzene rings is 1. The average molecular weight is 210 g/mol. The van der Waals surface area contributed by atoms with E-state index in [2.05, 4.69) is 0 Å². The van der Waals surface area contributed by atoms with Gasteiger partial charge in [-0.05, 0) is 25.0 Å². The third-order valence-corrected chi connectivity index (χ3v) is 3.12. The molecule has 0 bridgehead atoms. The highest BCUT2D eigenvalue weighted by Gasteiger charge is 2.27. The van der Waals surface area contributed by atoms with Crippen molar-refractivity contribution < 1.29 is 4.79 Å². The van der Waals surface area contributed by atoms with E-state index in [0.29, 0.717) is 16.3 Å². The quantitative estimate of drug-likeness (QED) is 0.601. The predicted molar refractivity (Wildman–Crippen MR) is 57.5 cm³/mol. The topological polar surface area (TPSA) is 43.1 Å². The molecule has 0 aromatic heterocycles.